The highest BCUT2D eigenvalue weighted by Crippen LogP contribution is 2.61. The average molecular weight is 421 g/mol. The minimum Gasteiger partial charge on any atom is -0.481 e. The van der Waals surface area contributed by atoms with E-state index >= 15 is 0 Å². The highest BCUT2D eigenvalue weighted by molar-refractivity contribution is 6.29. The summed E-state index contributed by atoms with van der Waals surface area (Å²) in [5.41, 5.74) is 0.827. The molecule has 2 amide bonds. The number of hydrogen-bond donors (Lipinski definition) is 4. The van der Waals surface area contributed by atoms with Gasteiger partial charge in [-0.2, -0.15) is 0 Å². The van der Waals surface area contributed by atoms with Crippen LogP contribution in [0.15, 0.2) is 12.3 Å². The van der Waals surface area contributed by atoms with Crippen molar-refractivity contribution in [3.63, 3.8) is 0 Å². The summed E-state index contributed by atoms with van der Waals surface area (Å²) < 4.78 is 0. The molecular formula is C20H25ClN4O4. The van der Waals surface area contributed by atoms with Gasteiger partial charge < -0.3 is 21.1 Å². The highest BCUT2D eigenvalue weighted by atomic mass is 35.5. The second kappa shape index (κ2) is 7.16. The topological polar surface area (TPSA) is 120 Å². The van der Waals surface area contributed by atoms with E-state index in [1.165, 1.54) is 13.1 Å². The third-order valence-electron chi connectivity index (χ3n) is 6.40. The van der Waals surface area contributed by atoms with E-state index in [1.807, 2.05) is 0 Å². The molecule has 4 aliphatic rings. The Balaban J connectivity index is 1.39. The van der Waals surface area contributed by atoms with Crippen LogP contribution in [-0.4, -0.2) is 45.0 Å². The first-order valence-corrected chi connectivity index (χ1v) is 10.3. The Morgan fingerprint density at radius 1 is 1.14 bits per heavy atom. The summed E-state index contributed by atoms with van der Waals surface area (Å²) in [4.78, 5) is 39.4. The van der Waals surface area contributed by atoms with Crippen LogP contribution >= 0.6 is 11.6 Å². The van der Waals surface area contributed by atoms with Crippen LogP contribution in [0.5, 0.6) is 0 Å². The van der Waals surface area contributed by atoms with Gasteiger partial charge in [-0.15, -0.1) is 0 Å². The lowest BCUT2D eigenvalue weighted by molar-refractivity contribution is -0.142. The fraction of sp³-hybridized carbons (Fsp3) is 0.600. The third-order valence-corrected chi connectivity index (χ3v) is 6.60. The fourth-order valence-electron chi connectivity index (χ4n) is 5.17. The lowest BCUT2D eigenvalue weighted by atomic mass is 9.44. The molecule has 1 aromatic heterocycles. The number of carbonyl (C=O) groups is 3. The van der Waals surface area contributed by atoms with E-state index in [1.54, 1.807) is 6.07 Å². The van der Waals surface area contributed by atoms with Crippen molar-refractivity contribution in [1.29, 1.82) is 0 Å². The molecule has 1 aromatic rings. The van der Waals surface area contributed by atoms with E-state index in [4.69, 9.17) is 16.7 Å². The number of anilines is 1. The van der Waals surface area contributed by atoms with Gasteiger partial charge in [-0.1, -0.05) is 11.6 Å². The third kappa shape index (κ3) is 3.90. The Hall–Kier alpha value is -2.35. The number of nitrogens with one attached hydrogen (secondary N) is 3. The van der Waals surface area contributed by atoms with Crippen LogP contribution in [0.25, 0.3) is 0 Å². The number of amides is 2. The monoisotopic (exact) mass is 420 g/mol. The average Bonchev–Trinajstić information content (AvgIpc) is 2.59. The Kier molecular flexibility index (Phi) is 4.93. The minimum atomic E-state index is -0.765. The number of aliphatic carboxylic acids is 1. The first-order chi connectivity index (χ1) is 13.7. The number of rotatable bonds is 6. The second-order valence-electron chi connectivity index (χ2n) is 8.81. The van der Waals surface area contributed by atoms with E-state index in [0.717, 1.165) is 19.3 Å². The molecule has 29 heavy (non-hydrogen) atoms. The van der Waals surface area contributed by atoms with E-state index in [-0.39, 0.29) is 34.9 Å². The van der Waals surface area contributed by atoms with Gasteiger partial charge in [-0.05, 0) is 51.0 Å². The lowest BCUT2D eigenvalue weighted by Crippen LogP contribution is -2.81. The van der Waals surface area contributed by atoms with Crippen LogP contribution < -0.4 is 16.0 Å². The molecule has 0 spiro atoms. The van der Waals surface area contributed by atoms with Crippen LogP contribution in [0.2, 0.25) is 5.15 Å². The largest absolute Gasteiger partial charge is 0.481 e. The number of carbonyl (C=O) groups excluding carboxylic acids is 2. The molecular weight excluding hydrogens is 396 g/mol. The van der Waals surface area contributed by atoms with Crippen molar-refractivity contribution in [1.82, 2.24) is 15.6 Å². The molecule has 1 heterocycles. The smallest absolute Gasteiger partial charge is 0.306 e. The summed E-state index contributed by atoms with van der Waals surface area (Å²) in [7, 11) is 0. The molecule has 4 fully saturated rings. The molecule has 2 bridgehead atoms. The molecule has 0 saturated heterocycles. The first kappa shape index (κ1) is 19.9. The number of halogens is 1. The van der Waals surface area contributed by atoms with Gasteiger partial charge in [0.25, 0.3) is 5.91 Å². The Labute approximate surface area is 173 Å². The maximum atomic E-state index is 12.9. The number of carboxylic acids is 1. The quantitative estimate of drug-likeness (QED) is 0.524. The zero-order valence-corrected chi connectivity index (χ0v) is 17.0. The minimum absolute atomic E-state index is 0.0251. The molecule has 4 N–H and O–H groups in total. The molecule has 0 aliphatic heterocycles. The van der Waals surface area contributed by atoms with Crippen LogP contribution in [-0.2, 0) is 9.59 Å². The van der Waals surface area contributed by atoms with E-state index in [0.29, 0.717) is 42.1 Å². The van der Waals surface area contributed by atoms with Crippen molar-refractivity contribution in [2.45, 2.75) is 69.0 Å². The summed E-state index contributed by atoms with van der Waals surface area (Å²) in [5, 5.41) is 18.9. The predicted octanol–water partition coefficient (Wildman–Crippen LogP) is 2.33. The molecule has 4 aliphatic carbocycles. The molecule has 0 radical (unpaired) electrons. The number of carboxylic acid groups (broad SMARTS) is 1. The zero-order chi connectivity index (χ0) is 20.8. The van der Waals surface area contributed by atoms with Crippen LogP contribution in [0, 0.1) is 5.92 Å². The molecule has 0 atom stereocenters. The summed E-state index contributed by atoms with van der Waals surface area (Å²) in [6.07, 6.45) is 6.36. The van der Waals surface area contributed by atoms with Gasteiger partial charge in [0.1, 0.15) is 5.15 Å². The Morgan fingerprint density at radius 3 is 2.38 bits per heavy atom. The number of pyridine rings is 1. The summed E-state index contributed by atoms with van der Waals surface area (Å²) in [6.45, 7) is 1.52. The van der Waals surface area contributed by atoms with E-state index in [2.05, 4.69) is 20.9 Å². The number of hydrogen-bond acceptors (Lipinski definition) is 5. The van der Waals surface area contributed by atoms with Gasteiger partial charge in [0.2, 0.25) is 5.91 Å². The summed E-state index contributed by atoms with van der Waals surface area (Å²) in [6, 6.07) is 1.61. The van der Waals surface area contributed by atoms with Gasteiger partial charge in [0.15, 0.2) is 0 Å². The van der Waals surface area contributed by atoms with Gasteiger partial charge in [-0.3, -0.25) is 14.4 Å². The SMILES string of the molecule is CC(=O)NC12CC(Nc3cc(Cl)ncc3C(=O)N[C@H]3CC[C@H](C(=O)O)CC3)(C1)C2. The van der Waals surface area contributed by atoms with Crippen LogP contribution in [0.3, 0.4) is 0 Å². The van der Waals surface area contributed by atoms with Crippen molar-refractivity contribution in [3.05, 3.63) is 23.0 Å². The van der Waals surface area contributed by atoms with Crippen LogP contribution in [0.1, 0.15) is 62.2 Å². The molecule has 9 heteroatoms. The van der Waals surface area contributed by atoms with Gasteiger partial charge in [0, 0.05) is 30.2 Å². The molecule has 156 valence electrons. The summed E-state index contributed by atoms with van der Waals surface area (Å²) in [5.74, 6) is -1.35. The normalized spacial score (nSPS) is 32.3. The molecule has 5 rings (SSSR count). The molecule has 0 aromatic carbocycles. The second-order valence-corrected chi connectivity index (χ2v) is 9.20. The number of nitrogens with zero attached hydrogens (tertiary/aromatic N) is 1. The Bertz CT molecular complexity index is 846. The van der Waals surface area contributed by atoms with Crippen molar-refractivity contribution in [2.75, 3.05) is 5.32 Å². The molecule has 0 unspecified atom stereocenters. The first-order valence-electron chi connectivity index (χ1n) is 9.95. The highest BCUT2D eigenvalue weighted by Gasteiger charge is 2.68. The standard InChI is InChI=1S/C20H25ClN4O4/c1-11(26)24-19-8-20(9-19,10-19)25-15-6-16(21)22-7-14(15)17(27)23-13-4-2-12(3-5-13)18(28)29/h6-7,12-13H,2-5,8-10H2,1H3,(H,22,25)(H,23,27)(H,24,26)(H,28,29)/t12-,13-,19?,20?. The fourth-order valence-corrected chi connectivity index (χ4v) is 5.33. The van der Waals surface area contributed by atoms with Crippen molar-refractivity contribution < 1.29 is 19.5 Å². The molecule has 4 saturated carbocycles. The van der Waals surface area contributed by atoms with Crippen LogP contribution in [0.4, 0.5) is 5.69 Å². The Morgan fingerprint density at radius 2 is 1.79 bits per heavy atom. The maximum absolute atomic E-state index is 12.9. The van der Waals surface area contributed by atoms with E-state index in [9.17, 15) is 14.4 Å². The van der Waals surface area contributed by atoms with E-state index < -0.39 is 5.97 Å². The van der Waals surface area contributed by atoms with Gasteiger partial charge in [0.05, 0.1) is 17.2 Å². The van der Waals surface area contributed by atoms with Crippen molar-refractivity contribution >= 4 is 35.1 Å². The maximum Gasteiger partial charge on any atom is 0.306 e. The van der Waals surface area contributed by atoms with Crippen molar-refractivity contribution in [2.24, 2.45) is 5.92 Å². The lowest BCUT2D eigenvalue weighted by Gasteiger charge is -2.70. The van der Waals surface area contributed by atoms with Gasteiger partial charge >= 0.3 is 5.97 Å². The predicted molar refractivity (Wildman–Crippen MR) is 107 cm³/mol. The van der Waals surface area contributed by atoms with Crippen molar-refractivity contribution in [3.8, 4) is 0 Å². The zero-order valence-electron chi connectivity index (χ0n) is 16.3. The summed E-state index contributed by atoms with van der Waals surface area (Å²) >= 11 is 6.06. The molecule has 8 nitrogen and oxygen atoms in total. The van der Waals surface area contributed by atoms with Gasteiger partial charge in [-0.25, -0.2) is 4.98 Å². The number of aromatic nitrogens is 1.